The second-order valence-electron chi connectivity index (χ2n) is 13.5. The third kappa shape index (κ3) is 6.11. The van der Waals surface area contributed by atoms with Crippen molar-refractivity contribution in [2.24, 2.45) is 0 Å². The molecule has 8 rings (SSSR count). The normalized spacial score (nSPS) is 13.7. The van der Waals surface area contributed by atoms with E-state index in [2.05, 4.69) is 96.3 Å². The van der Waals surface area contributed by atoms with Crippen LogP contribution in [-0.2, 0) is 10.3 Å². The van der Waals surface area contributed by atoms with Crippen LogP contribution in [-0.4, -0.2) is 34.8 Å². The molecule has 3 N–H and O–H groups in total. The summed E-state index contributed by atoms with van der Waals surface area (Å²) in [5, 5.41) is 27.7. The van der Waals surface area contributed by atoms with E-state index in [0.29, 0.717) is 34.4 Å². The van der Waals surface area contributed by atoms with E-state index in [0.717, 1.165) is 31.8 Å². The number of fused-ring (bicyclic) bond motifs is 6. The molecule has 2 aliphatic heterocycles. The summed E-state index contributed by atoms with van der Waals surface area (Å²) in [6.45, 7) is 0.519. The quantitative estimate of drug-likeness (QED) is 0.0713. The number of carbonyl (C=O) groups excluding carboxylic acids is 2. The number of phenols is 2. The molecule has 6 aromatic carbocycles. The Bertz CT molecular complexity index is 2150. The molecule has 264 valence electrons. The van der Waals surface area contributed by atoms with Gasteiger partial charge in [0, 0.05) is 40.9 Å². The van der Waals surface area contributed by atoms with Crippen LogP contribution in [0.2, 0.25) is 0 Å². The molecule has 0 saturated heterocycles. The number of benzene rings is 6. The molecule has 1 spiro atoms. The van der Waals surface area contributed by atoms with Gasteiger partial charge >= 0.3 is 5.97 Å². The minimum Gasteiger partial charge on any atom is -0.508 e. The first-order valence-corrected chi connectivity index (χ1v) is 19.9. The van der Waals surface area contributed by atoms with E-state index >= 15 is 0 Å². The highest BCUT2D eigenvalue weighted by atomic mass is 31.2. The molecule has 0 saturated carbocycles. The summed E-state index contributed by atoms with van der Waals surface area (Å²) in [5.41, 5.74) is 0.829. The molecule has 0 aromatic heterocycles. The smallest absolute Gasteiger partial charge is 0.340 e. The highest BCUT2D eigenvalue weighted by molar-refractivity contribution is 7.95. The van der Waals surface area contributed by atoms with Crippen LogP contribution in [0.1, 0.15) is 63.1 Å². The third-order valence-electron chi connectivity index (χ3n) is 10.3. The van der Waals surface area contributed by atoms with Gasteiger partial charge in [-0.1, -0.05) is 61.0 Å². The molecular formula is C45H39NO6P+. The fourth-order valence-electron chi connectivity index (χ4n) is 7.85. The van der Waals surface area contributed by atoms with E-state index in [1.165, 1.54) is 40.2 Å². The molecule has 6 aromatic rings. The number of carbonyl (C=O) groups is 2. The molecule has 2 aliphatic rings. The molecule has 0 unspecified atom stereocenters. The molecule has 8 heteroatoms. The Hall–Kier alpha value is -5.91. The van der Waals surface area contributed by atoms with Crippen molar-refractivity contribution < 1.29 is 29.3 Å². The summed E-state index contributed by atoms with van der Waals surface area (Å²) in [6, 6.07) is 46.9. The van der Waals surface area contributed by atoms with Gasteiger partial charge in [0.05, 0.1) is 11.7 Å². The van der Waals surface area contributed by atoms with Crippen molar-refractivity contribution in [3.05, 3.63) is 173 Å². The van der Waals surface area contributed by atoms with Crippen LogP contribution in [0.3, 0.4) is 0 Å². The van der Waals surface area contributed by atoms with Gasteiger partial charge in [0.1, 0.15) is 46.2 Å². The topological polar surface area (TPSA) is 105 Å². The van der Waals surface area contributed by atoms with Crippen molar-refractivity contribution >= 4 is 35.1 Å². The Morgan fingerprint density at radius 2 is 1.13 bits per heavy atom. The third-order valence-corrected chi connectivity index (χ3v) is 14.9. The molecule has 0 bridgehead atoms. The van der Waals surface area contributed by atoms with Crippen molar-refractivity contribution in [2.45, 2.75) is 31.3 Å². The SMILES string of the molecule is O=C(NCCCCCC[P+](c1ccccc1)(c1ccccc1)c1ccccc1)c1ccc2c(c1)C1(OC2=O)c2ccc(O)cc2Oc2cc(O)ccc21. The summed E-state index contributed by atoms with van der Waals surface area (Å²) in [6.07, 6.45) is 4.97. The Labute approximate surface area is 309 Å². The zero-order chi connectivity index (χ0) is 36.4. The Kier molecular flexibility index (Phi) is 9.19. The lowest BCUT2D eigenvalue weighted by atomic mass is 9.77. The molecule has 1 amide bonds. The second-order valence-corrected chi connectivity index (χ2v) is 17.1. The molecule has 0 radical (unpaired) electrons. The predicted octanol–water partition coefficient (Wildman–Crippen LogP) is 7.95. The second kappa shape index (κ2) is 14.3. The van der Waals surface area contributed by atoms with Gasteiger partial charge < -0.3 is 25.0 Å². The summed E-state index contributed by atoms with van der Waals surface area (Å²) in [7, 11) is -1.87. The van der Waals surface area contributed by atoms with Crippen LogP contribution in [0.15, 0.2) is 146 Å². The largest absolute Gasteiger partial charge is 0.508 e. The van der Waals surface area contributed by atoms with Gasteiger partial charge in [0.15, 0.2) is 5.60 Å². The van der Waals surface area contributed by atoms with Crippen LogP contribution in [0, 0.1) is 0 Å². The summed E-state index contributed by atoms with van der Waals surface area (Å²) in [5.74, 6) is -0.253. The van der Waals surface area contributed by atoms with Crippen molar-refractivity contribution in [1.82, 2.24) is 5.32 Å². The van der Waals surface area contributed by atoms with Crippen LogP contribution < -0.4 is 26.0 Å². The molecule has 7 nitrogen and oxygen atoms in total. The summed E-state index contributed by atoms with van der Waals surface area (Å²) < 4.78 is 12.2. The number of hydrogen-bond acceptors (Lipinski definition) is 6. The Morgan fingerprint density at radius 1 is 0.604 bits per heavy atom. The standard InChI is InChI=1S/C45H38NO6P/c47-32-21-24-38-41(29-32)51-42-30-33(48)22-25-39(42)45(38)40-28-31(20-23-37(40)44(50)52-45)43(49)46-26-12-1-2-13-27-53(34-14-6-3-7-15-34,35-16-8-4-9-17-35)36-18-10-5-11-19-36/h3-11,14-25,28-30H,1-2,12-13,26-27H2,(H2-,46,47,48,49)/p+1. The van der Waals surface area contributed by atoms with Gasteiger partial charge in [0.25, 0.3) is 5.91 Å². The van der Waals surface area contributed by atoms with E-state index in [1.807, 2.05) is 0 Å². The molecular weight excluding hydrogens is 681 g/mol. The fourth-order valence-corrected chi connectivity index (χ4v) is 12.3. The van der Waals surface area contributed by atoms with Gasteiger partial charge in [-0.3, -0.25) is 4.79 Å². The average Bonchev–Trinajstić information content (AvgIpc) is 3.48. The van der Waals surface area contributed by atoms with Gasteiger partial charge in [-0.05, 0) is 98.1 Å². The maximum atomic E-state index is 13.5. The minimum absolute atomic E-state index is 0.0234. The average molecular weight is 721 g/mol. The number of aromatic hydroxyl groups is 2. The Balaban J connectivity index is 0.964. The lowest BCUT2D eigenvalue weighted by molar-refractivity contribution is 0.0224. The zero-order valence-electron chi connectivity index (χ0n) is 29.1. The van der Waals surface area contributed by atoms with E-state index in [4.69, 9.17) is 9.47 Å². The first kappa shape index (κ1) is 34.2. The number of hydrogen-bond donors (Lipinski definition) is 3. The molecule has 2 heterocycles. The van der Waals surface area contributed by atoms with Crippen LogP contribution in [0.25, 0.3) is 0 Å². The zero-order valence-corrected chi connectivity index (χ0v) is 30.0. The maximum Gasteiger partial charge on any atom is 0.340 e. The van der Waals surface area contributed by atoms with Crippen LogP contribution >= 0.6 is 7.26 Å². The first-order valence-electron chi connectivity index (χ1n) is 18.0. The van der Waals surface area contributed by atoms with Gasteiger partial charge in [-0.15, -0.1) is 0 Å². The summed E-state index contributed by atoms with van der Waals surface area (Å²) in [4.78, 5) is 26.9. The van der Waals surface area contributed by atoms with Gasteiger partial charge in [-0.25, -0.2) is 4.79 Å². The van der Waals surface area contributed by atoms with Crippen molar-refractivity contribution in [1.29, 1.82) is 0 Å². The van der Waals surface area contributed by atoms with Gasteiger partial charge in [0.2, 0.25) is 0 Å². The van der Waals surface area contributed by atoms with E-state index in [9.17, 15) is 19.8 Å². The first-order chi connectivity index (χ1) is 25.9. The van der Waals surface area contributed by atoms with E-state index in [1.54, 1.807) is 30.3 Å². The Morgan fingerprint density at radius 3 is 1.68 bits per heavy atom. The van der Waals surface area contributed by atoms with Crippen LogP contribution in [0.4, 0.5) is 0 Å². The molecule has 0 aliphatic carbocycles. The molecule has 0 fully saturated rings. The van der Waals surface area contributed by atoms with Crippen LogP contribution in [0.5, 0.6) is 23.0 Å². The maximum absolute atomic E-state index is 13.5. The highest BCUT2D eigenvalue weighted by Crippen LogP contribution is 2.58. The van der Waals surface area contributed by atoms with Crippen molar-refractivity contribution in [3.8, 4) is 23.0 Å². The van der Waals surface area contributed by atoms with Gasteiger partial charge in [-0.2, -0.15) is 0 Å². The lowest BCUT2D eigenvalue weighted by Gasteiger charge is -2.36. The highest BCUT2D eigenvalue weighted by Gasteiger charge is 2.54. The van der Waals surface area contributed by atoms with Crippen molar-refractivity contribution in [2.75, 3.05) is 12.7 Å². The lowest BCUT2D eigenvalue weighted by Crippen LogP contribution is -2.33. The number of esters is 1. The number of ether oxygens (including phenoxy) is 2. The number of unbranched alkanes of at least 4 members (excludes halogenated alkanes) is 3. The minimum atomic E-state index is -1.87. The number of rotatable bonds is 11. The predicted molar refractivity (Wildman–Crippen MR) is 209 cm³/mol. The number of amides is 1. The fraction of sp³-hybridized carbons (Fsp3) is 0.156. The van der Waals surface area contributed by atoms with Crippen molar-refractivity contribution in [3.63, 3.8) is 0 Å². The molecule has 53 heavy (non-hydrogen) atoms. The number of phenolic OH excluding ortho intramolecular Hbond substituents is 2. The van der Waals surface area contributed by atoms with E-state index in [-0.39, 0.29) is 28.9 Å². The summed E-state index contributed by atoms with van der Waals surface area (Å²) >= 11 is 0. The van der Waals surface area contributed by atoms with E-state index < -0.39 is 18.8 Å². The molecule has 0 atom stereocenters. The number of nitrogens with one attached hydrogen (secondary N) is 1. The monoisotopic (exact) mass is 720 g/mol.